The standard InChI is InChI=1S/C10H15N5O/c16-10(14-9-12-7-13-15-9)11-6-5-8-3-1-2-4-8/h5-8H,1-4H2,(H3,11,12,13,14,15,16)/b6-5+. The molecule has 16 heavy (non-hydrogen) atoms. The molecule has 0 aromatic carbocycles. The number of nitrogens with one attached hydrogen (secondary N) is 3. The molecule has 1 heterocycles. The molecule has 0 bridgehead atoms. The van der Waals surface area contributed by atoms with Gasteiger partial charge in [0.2, 0.25) is 5.95 Å². The van der Waals surface area contributed by atoms with Crippen LogP contribution in [0.3, 0.4) is 0 Å². The molecule has 0 radical (unpaired) electrons. The summed E-state index contributed by atoms with van der Waals surface area (Å²) in [6.07, 6.45) is 10.1. The topological polar surface area (TPSA) is 82.7 Å². The summed E-state index contributed by atoms with van der Waals surface area (Å²) in [4.78, 5) is 15.1. The minimum Gasteiger partial charge on any atom is -0.315 e. The molecule has 0 unspecified atom stereocenters. The first-order valence-corrected chi connectivity index (χ1v) is 5.44. The van der Waals surface area contributed by atoms with Crippen molar-refractivity contribution in [3.63, 3.8) is 0 Å². The highest BCUT2D eigenvalue weighted by atomic mass is 16.2. The number of aromatic amines is 1. The summed E-state index contributed by atoms with van der Waals surface area (Å²) in [5.41, 5.74) is 0. The fourth-order valence-electron chi connectivity index (χ4n) is 1.82. The van der Waals surface area contributed by atoms with Crippen LogP contribution in [0.5, 0.6) is 0 Å². The van der Waals surface area contributed by atoms with Gasteiger partial charge in [0.05, 0.1) is 0 Å². The van der Waals surface area contributed by atoms with Gasteiger partial charge in [-0.3, -0.25) is 5.32 Å². The zero-order valence-electron chi connectivity index (χ0n) is 8.94. The minimum atomic E-state index is -0.314. The molecular weight excluding hydrogens is 206 g/mol. The van der Waals surface area contributed by atoms with Crippen LogP contribution in [-0.2, 0) is 0 Å². The molecule has 86 valence electrons. The summed E-state index contributed by atoms with van der Waals surface area (Å²) in [7, 11) is 0. The van der Waals surface area contributed by atoms with Crippen molar-refractivity contribution in [3.05, 3.63) is 18.6 Å². The summed E-state index contributed by atoms with van der Waals surface area (Å²) in [6, 6.07) is -0.314. The van der Waals surface area contributed by atoms with E-state index in [1.807, 2.05) is 6.08 Å². The fourth-order valence-corrected chi connectivity index (χ4v) is 1.82. The zero-order valence-corrected chi connectivity index (χ0v) is 8.94. The lowest BCUT2D eigenvalue weighted by Gasteiger charge is -2.02. The number of carbonyl (C=O) groups is 1. The molecular formula is C10H15N5O. The van der Waals surface area contributed by atoms with Gasteiger partial charge in [-0.05, 0) is 18.8 Å². The molecule has 2 amide bonds. The van der Waals surface area contributed by atoms with E-state index in [2.05, 4.69) is 25.8 Å². The summed E-state index contributed by atoms with van der Waals surface area (Å²) in [5.74, 6) is 0.956. The first kappa shape index (κ1) is 10.7. The monoisotopic (exact) mass is 221 g/mol. The van der Waals surface area contributed by atoms with Crippen LogP contribution in [0, 0.1) is 5.92 Å². The van der Waals surface area contributed by atoms with E-state index in [1.54, 1.807) is 6.20 Å². The molecule has 1 aromatic heterocycles. The lowest BCUT2D eigenvalue weighted by atomic mass is 10.1. The van der Waals surface area contributed by atoms with E-state index >= 15 is 0 Å². The maximum atomic E-state index is 11.3. The van der Waals surface area contributed by atoms with Crippen molar-refractivity contribution in [2.45, 2.75) is 25.7 Å². The number of amides is 2. The minimum absolute atomic E-state index is 0.314. The molecule has 0 aliphatic heterocycles. The van der Waals surface area contributed by atoms with Crippen LogP contribution in [-0.4, -0.2) is 21.2 Å². The van der Waals surface area contributed by atoms with Crippen LogP contribution in [0.2, 0.25) is 0 Å². The van der Waals surface area contributed by atoms with E-state index in [9.17, 15) is 4.79 Å². The maximum Gasteiger partial charge on any atom is 0.325 e. The molecule has 3 N–H and O–H groups in total. The van der Waals surface area contributed by atoms with Gasteiger partial charge in [-0.2, -0.15) is 10.1 Å². The maximum absolute atomic E-state index is 11.3. The Morgan fingerprint density at radius 3 is 3.00 bits per heavy atom. The molecule has 1 aliphatic carbocycles. The molecule has 1 fully saturated rings. The highest BCUT2D eigenvalue weighted by Gasteiger charge is 2.11. The van der Waals surface area contributed by atoms with Gasteiger partial charge in [-0.1, -0.05) is 18.9 Å². The second-order valence-corrected chi connectivity index (χ2v) is 3.84. The average Bonchev–Trinajstić information content (AvgIpc) is 2.90. The molecule has 1 aromatic rings. The molecule has 2 rings (SSSR count). The smallest absolute Gasteiger partial charge is 0.315 e. The Morgan fingerprint density at radius 2 is 2.31 bits per heavy atom. The summed E-state index contributed by atoms with van der Waals surface area (Å²) < 4.78 is 0. The zero-order chi connectivity index (χ0) is 11.2. The number of rotatable bonds is 3. The molecule has 0 atom stereocenters. The summed E-state index contributed by atoms with van der Waals surface area (Å²) >= 11 is 0. The lowest BCUT2D eigenvalue weighted by Crippen LogP contribution is -2.24. The van der Waals surface area contributed by atoms with Crippen molar-refractivity contribution in [2.24, 2.45) is 5.92 Å². The third-order valence-electron chi connectivity index (χ3n) is 2.63. The number of nitrogens with zero attached hydrogens (tertiary/aromatic N) is 2. The van der Waals surface area contributed by atoms with Gasteiger partial charge in [-0.15, -0.1) is 0 Å². The highest BCUT2D eigenvalue weighted by Crippen LogP contribution is 2.25. The number of anilines is 1. The van der Waals surface area contributed by atoms with E-state index < -0.39 is 0 Å². The van der Waals surface area contributed by atoms with Gasteiger partial charge in [0.1, 0.15) is 6.33 Å². The molecule has 6 nitrogen and oxygen atoms in total. The first-order valence-electron chi connectivity index (χ1n) is 5.44. The second-order valence-electron chi connectivity index (χ2n) is 3.84. The average molecular weight is 221 g/mol. The van der Waals surface area contributed by atoms with Crippen LogP contribution in [0.15, 0.2) is 18.6 Å². The Labute approximate surface area is 93.5 Å². The first-order chi connectivity index (χ1) is 7.84. The van der Waals surface area contributed by atoms with E-state index in [0.29, 0.717) is 11.9 Å². The quantitative estimate of drug-likeness (QED) is 0.725. The van der Waals surface area contributed by atoms with Gasteiger partial charge in [0, 0.05) is 6.20 Å². The Hall–Kier alpha value is -1.85. The van der Waals surface area contributed by atoms with Gasteiger partial charge < -0.3 is 5.32 Å². The van der Waals surface area contributed by atoms with Crippen molar-refractivity contribution in [1.29, 1.82) is 0 Å². The van der Waals surface area contributed by atoms with Gasteiger partial charge in [0.15, 0.2) is 0 Å². The van der Waals surface area contributed by atoms with Crippen molar-refractivity contribution < 1.29 is 4.79 Å². The Bertz CT molecular complexity index is 353. The van der Waals surface area contributed by atoms with Gasteiger partial charge >= 0.3 is 6.03 Å². The van der Waals surface area contributed by atoms with Crippen molar-refractivity contribution in [3.8, 4) is 0 Å². The highest BCUT2D eigenvalue weighted by molar-refractivity contribution is 5.87. The van der Waals surface area contributed by atoms with Crippen LogP contribution < -0.4 is 10.6 Å². The number of aromatic nitrogens is 3. The molecule has 0 saturated heterocycles. The number of allylic oxidation sites excluding steroid dienone is 1. The normalized spacial score (nSPS) is 16.8. The predicted octanol–water partition coefficient (Wildman–Crippen LogP) is 1.63. The molecule has 1 saturated carbocycles. The van der Waals surface area contributed by atoms with Crippen molar-refractivity contribution in [2.75, 3.05) is 5.32 Å². The fraction of sp³-hybridized carbons (Fsp3) is 0.500. The van der Waals surface area contributed by atoms with Gasteiger partial charge in [-0.25, -0.2) is 9.89 Å². The second kappa shape index (κ2) is 5.29. The van der Waals surface area contributed by atoms with Crippen LogP contribution in [0.4, 0.5) is 10.7 Å². The summed E-state index contributed by atoms with van der Waals surface area (Å²) in [6.45, 7) is 0. The number of hydrogen-bond acceptors (Lipinski definition) is 3. The Balaban J connectivity index is 1.71. The van der Waals surface area contributed by atoms with E-state index in [4.69, 9.17) is 0 Å². The molecule has 0 spiro atoms. The van der Waals surface area contributed by atoms with Crippen LogP contribution in [0.25, 0.3) is 0 Å². The number of carbonyl (C=O) groups excluding carboxylic acids is 1. The Kier molecular flexibility index (Phi) is 3.53. The SMILES string of the molecule is O=C(N/C=C/C1CCCC1)Nc1ncn[nH]1. The summed E-state index contributed by atoms with van der Waals surface area (Å²) in [5, 5.41) is 11.3. The van der Waals surface area contributed by atoms with Crippen molar-refractivity contribution in [1.82, 2.24) is 20.5 Å². The number of urea groups is 1. The van der Waals surface area contributed by atoms with Crippen molar-refractivity contribution >= 4 is 12.0 Å². The lowest BCUT2D eigenvalue weighted by molar-refractivity contribution is 0.255. The Morgan fingerprint density at radius 1 is 1.50 bits per heavy atom. The largest absolute Gasteiger partial charge is 0.325 e. The van der Waals surface area contributed by atoms with E-state index in [0.717, 1.165) is 0 Å². The third-order valence-corrected chi connectivity index (χ3v) is 2.63. The molecule has 6 heteroatoms. The number of H-pyrrole nitrogens is 1. The predicted molar refractivity (Wildman–Crippen MR) is 59.6 cm³/mol. The van der Waals surface area contributed by atoms with Crippen LogP contribution in [0.1, 0.15) is 25.7 Å². The number of hydrogen-bond donors (Lipinski definition) is 3. The van der Waals surface area contributed by atoms with E-state index in [-0.39, 0.29) is 6.03 Å². The third kappa shape index (κ3) is 3.08. The van der Waals surface area contributed by atoms with Gasteiger partial charge in [0.25, 0.3) is 0 Å². The van der Waals surface area contributed by atoms with Crippen LogP contribution >= 0.6 is 0 Å². The molecule has 1 aliphatic rings. The van der Waals surface area contributed by atoms with E-state index in [1.165, 1.54) is 32.0 Å².